The normalized spacial score (nSPS) is 18.1. The van der Waals surface area contributed by atoms with Gasteiger partial charge in [-0.15, -0.1) is 0 Å². The van der Waals surface area contributed by atoms with Crippen LogP contribution in [0.5, 0.6) is 11.5 Å². The van der Waals surface area contributed by atoms with E-state index in [9.17, 15) is 14.7 Å². The van der Waals surface area contributed by atoms with E-state index in [0.29, 0.717) is 41.9 Å². The van der Waals surface area contributed by atoms with Crippen LogP contribution in [0.1, 0.15) is 46.3 Å². The maximum absolute atomic E-state index is 12.9. The molecule has 3 rings (SSSR count). The zero-order chi connectivity index (χ0) is 21.3. The quantitative estimate of drug-likeness (QED) is 0.714. The second kappa shape index (κ2) is 8.02. The standard InChI is InChI=1S/C21H29N3O5/c1-6-21(2,3)18(25)20(27)23-9-7-8-14(23)19(26)24-12-22-13-10-16(28-4)17(29-5)11-15(13)24/h10-12,14,19,26H,6-9H2,1-5H3. The van der Waals surface area contributed by atoms with Crippen molar-refractivity contribution in [3.63, 3.8) is 0 Å². The summed E-state index contributed by atoms with van der Waals surface area (Å²) in [6, 6.07) is 2.99. The van der Waals surface area contributed by atoms with Crippen molar-refractivity contribution in [3.8, 4) is 11.5 Å². The van der Waals surface area contributed by atoms with Gasteiger partial charge in [0.25, 0.3) is 5.91 Å². The third-order valence-electron chi connectivity index (χ3n) is 5.96. The van der Waals surface area contributed by atoms with Crippen LogP contribution in [0.3, 0.4) is 0 Å². The number of amides is 1. The molecule has 0 radical (unpaired) electrons. The summed E-state index contributed by atoms with van der Waals surface area (Å²) in [4.78, 5) is 31.4. The van der Waals surface area contributed by atoms with Crippen LogP contribution in [0.2, 0.25) is 0 Å². The summed E-state index contributed by atoms with van der Waals surface area (Å²) in [6.07, 6.45) is 2.43. The molecule has 1 aromatic heterocycles. The molecule has 158 valence electrons. The summed E-state index contributed by atoms with van der Waals surface area (Å²) in [6.45, 7) is 5.90. The predicted molar refractivity (Wildman–Crippen MR) is 108 cm³/mol. The smallest absolute Gasteiger partial charge is 0.290 e. The van der Waals surface area contributed by atoms with E-state index >= 15 is 0 Å². The van der Waals surface area contributed by atoms with Gasteiger partial charge in [0, 0.05) is 24.1 Å². The van der Waals surface area contributed by atoms with Gasteiger partial charge in [-0.3, -0.25) is 9.59 Å². The molecular formula is C21H29N3O5. The lowest BCUT2D eigenvalue weighted by atomic mass is 9.84. The third kappa shape index (κ3) is 3.69. The Balaban J connectivity index is 1.92. The molecule has 1 aliphatic rings. The molecule has 2 heterocycles. The highest BCUT2D eigenvalue weighted by Gasteiger charge is 2.41. The number of aliphatic hydroxyl groups is 1. The topological polar surface area (TPSA) is 93.9 Å². The van der Waals surface area contributed by atoms with Gasteiger partial charge in [-0.2, -0.15) is 0 Å². The number of rotatable bonds is 7. The van der Waals surface area contributed by atoms with E-state index in [2.05, 4.69) is 4.98 Å². The van der Waals surface area contributed by atoms with Crippen molar-refractivity contribution >= 4 is 22.7 Å². The predicted octanol–water partition coefficient (Wildman–Crippen LogP) is 2.54. The average molecular weight is 403 g/mol. The van der Waals surface area contributed by atoms with E-state index in [4.69, 9.17) is 9.47 Å². The van der Waals surface area contributed by atoms with E-state index < -0.39 is 29.4 Å². The molecule has 1 amide bonds. The molecule has 1 fully saturated rings. The van der Waals surface area contributed by atoms with Gasteiger partial charge in [-0.25, -0.2) is 4.98 Å². The molecule has 0 bridgehead atoms. The van der Waals surface area contributed by atoms with Crippen molar-refractivity contribution in [3.05, 3.63) is 18.5 Å². The number of carbonyl (C=O) groups is 2. The molecule has 1 aliphatic heterocycles. The molecule has 2 atom stereocenters. The van der Waals surface area contributed by atoms with Gasteiger partial charge in [-0.05, 0) is 19.3 Å². The Morgan fingerprint density at radius 3 is 2.55 bits per heavy atom. The Morgan fingerprint density at radius 1 is 1.28 bits per heavy atom. The second-order valence-electron chi connectivity index (χ2n) is 8.04. The van der Waals surface area contributed by atoms with Crippen LogP contribution < -0.4 is 9.47 Å². The van der Waals surface area contributed by atoms with E-state index in [1.807, 2.05) is 6.92 Å². The lowest BCUT2D eigenvalue weighted by molar-refractivity contribution is -0.151. The number of ether oxygens (including phenoxy) is 2. The first-order valence-electron chi connectivity index (χ1n) is 9.87. The Kier molecular flexibility index (Phi) is 5.84. The average Bonchev–Trinajstić information content (AvgIpc) is 3.37. The monoisotopic (exact) mass is 403 g/mol. The molecule has 29 heavy (non-hydrogen) atoms. The molecule has 0 saturated carbocycles. The molecular weight excluding hydrogens is 374 g/mol. The SMILES string of the molecule is CCC(C)(C)C(=O)C(=O)N1CCCC1C(O)n1cnc2cc(OC)c(OC)cc21. The van der Waals surface area contributed by atoms with Crippen LogP contribution in [0, 0.1) is 5.41 Å². The molecule has 2 unspecified atom stereocenters. The van der Waals surface area contributed by atoms with Gasteiger partial charge in [0.2, 0.25) is 5.78 Å². The first kappa shape index (κ1) is 21.1. The van der Waals surface area contributed by atoms with Crippen LogP contribution in [-0.4, -0.2) is 58.1 Å². The minimum absolute atomic E-state index is 0.416. The summed E-state index contributed by atoms with van der Waals surface area (Å²) >= 11 is 0. The van der Waals surface area contributed by atoms with Gasteiger partial charge < -0.3 is 24.0 Å². The first-order valence-corrected chi connectivity index (χ1v) is 9.87. The fourth-order valence-corrected chi connectivity index (χ4v) is 3.69. The number of nitrogens with zero attached hydrogens (tertiary/aromatic N) is 3. The van der Waals surface area contributed by atoms with Gasteiger partial charge in [0.1, 0.15) is 0 Å². The molecule has 0 spiro atoms. The minimum atomic E-state index is -1.03. The summed E-state index contributed by atoms with van der Waals surface area (Å²) in [7, 11) is 3.09. The maximum Gasteiger partial charge on any atom is 0.290 e. The van der Waals surface area contributed by atoms with Gasteiger partial charge in [0.05, 0.1) is 37.6 Å². The summed E-state index contributed by atoms with van der Waals surface area (Å²) in [5.41, 5.74) is 0.580. The van der Waals surface area contributed by atoms with Crippen LogP contribution in [0.25, 0.3) is 11.0 Å². The highest BCUT2D eigenvalue weighted by molar-refractivity contribution is 6.38. The number of imidazole rings is 1. The number of hydrogen-bond donors (Lipinski definition) is 1. The molecule has 0 aliphatic carbocycles. The van der Waals surface area contributed by atoms with E-state index in [1.54, 1.807) is 44.8 Å². The molecule has 8 heteroatoms. The molecule has 1 aromatic carbocycles. The largest absolute Gasteiger partial charge is 0.493 e. The first-order chi connectivity index (χ1) is 13.7. The number of aromatic nitrogens is 2. The number of Topliss-reactive ketones (excluding diaryl/α,β-unsaturated/α-hetero) is 1. The summed E-state index contributed by atoms with van der Waals surface area (Å²) in [5.74, 6) is 0.126. The zero-order valence-corrected chi connectivity index (χ0v) is 17.6. The van der Waals surface area contributed by atoms with Crippen molar-refractivity contribution < 1.29 is 24.2 Å². The number of carbonyl (C=O) groups excluding carboxylic acids is 2. The Bertz CT molecular complexity index is 920. The van der Waals surface area contributed by atoms with Gasteiger partial charge in [0.15, 0.2) is 17.7 Å². The van der Waals surface area contributed by atoms with E-state index in [-0.39, 0.29) is 0 Å². The highest BCUT2D eigenvalue weighted by Crippen LogP contribution is 2.35. The number of aliphatic hydroxyl groups excluding tert-OH is 1. The third-order valence-corrected chi connectivity index (χ3v) is 5.96. The van der Waals surface area contributed by atoms with Crippen LogP contribution in [0.15, 0.2) is 18.5 Å². The lowest BCUT2D eigenvalue weighted by Gasteiger charge is -2.31. The Morgan fingerprint density at radius 2 is 1.93 bits per heavy atom. The van der Waals surface area contributed by atoms with Crippen molar-refractivity contribution in [1.29, 1.82) is 0 Å². The van der Waals surface area contributed by atoms with Gasteiger partial charge >= 0.3 is 0 Å². The number of ketones is 1. The lowest BCUT2D eigenvalue weighted by Crippen LogP contribution is -2.47. The molecule has 1 saturated heterocycles. The fourth-order valence-electron chi connectivity index (χ4n) is 3.69. The maximum atomic E-state index is 12.9. The van der Waals surface area contributed by atoms with Crippen LogP contribution in [0.4, 0.5) is 0 Å². The van der Waals surface area contributed by atoms with Crippen molar-refractivity contribution in [1.82, 2.24) is 14.5 Å². The number of benzene rings is 1. The van der Waals surface area contributed by atoms with Gasteiger partial charge in [-0.1, -0.05) is 20.8 Å². The Hall–Kier alpha value is -2.61. The van der Waals surface area contributed by atoms with Crippen molar-refractivity contribution in [2.24, 2.45) is 5.41 Å². The van der Waals surface area contributed by atoms with Crippen molar-refractivity contribution in [2.75, 3.05) is 20.8 Å². The van der Waals surface area contributed by atoms with E-state index in [1.165, 1.54) is 11.2 Å². The second-order valence-corrected chi connectivity index (χ2v) is 8.04. The highest BCUT2D eigenvalue weighted by atomic mass is 16.5. The number of fused-ring (bicyclic) bond motifs is 1. The number of likely N-dealkylation sites (tertiary alicyclic amines) is 1. The zero-order valence-electron chi connectivity index (χ0n) is 17.6. The van der Waals surface area contributed by atoms with Crippen molar-refractivity contribution in [2.45, 2.75) is 52.3 Å². The number of hydrogen-bond acceptors (Lipinski definition) is 6. The molecule has 1 N–H and O–H groups in total. The summed E-state index contributed by atoms with van der Waals surface area (Å²) in [5, 5.41) is 11.1. The van der Waals surface area contributed by atoms with Crippen LogP contribution in [-0.2, 0) is 9.59 Å². The number of methoxy groups -OCH3 is 2. The van der Waals surface area contributed by atoms with Crippen LogP contribution >= 0.6 is 0 Å². The molecule has 8 nitrogen and oxygen atoms in total. The molecule has 2 aromatic rings. The minimum Gasteiger partial charge on any atom is -0.493 e. The fraction of sp³-hybridized carbons (Fsp3) is 0.571. The summed E-state index contributed by atoms with van der Waals surface area (Å²) < 4.78 is 12.3. The Labute approximate surface area is 170 Å². The van der Waals surface area contributed by atoms with E-state index in [0.717, 1.165) is 6.42 Å².